The van der Waals surface area contributed by atoms with Gasteiger partial charge in [0.25, 0.3) is 0 Å². The lowest BCUT2D eigenvalue weighted by molar-refractivity contribution is 0.669. The molecule has 1 heterocycles. The largest absolute Gasteiger partial charge is 0.456 e. The van der Waals surface area contributed by atoms with E-state index in [1.165, 1.54) is 54.6 Å². The van der Waals surface area contributed by atoms with Crippen LogP contribution in [0.2, 0.25) is 0 Å². The molecule has 0 atom stereocenters. The lowest BCUT2D eigenvalue weighted by Gasteiger charge is -2.29. The highest BCUT2D eigenvalue weighted by atomic mass is 16.3. The molecule has 56 heavy (non-hydrogen) atoms. The molecule has 0 radical (unpaired) electrons. The molecule has 0 bridgehead atoms. The average Bonchev–Trinajstić information content (AvgIpc) is 3.66. The average molecular weight is 714 g/mol. The maximum absolute atomic E-state index is 6.46. The van der Waals surface area contributed by atoms with Gasteiger partial charge in [0.2, 0.25) is 0 Å². The van der Waals surface area contributed by atoms with Gasteiger partial charge in [-0.1, -0.05) is 170 Å². The van der Waals surface area contributed by atoms with Crippen LogP contribution in [-0.2, 0) is 0 Å². The maximum Gasteiger partial charge on any atom is 0.137 e. The van der Waals surface area contributed by atoms with Crippen molar-refractivity contribution in [1.82, 2.24) is 0 Å². The fraction of sp³-hybridized carbons (Fsp3) is 0. The first-order chi connectivity index (χ1) is 27.8. The standard InChI is InChI=1S/C54H35NO/c1-3-17-37(18-4-1)52-45-24-10-9-23-43(45)44-33-31-40(35-47(44)53(52)38-19-5-2-6-20-38)42-22-11-13-26-48(42)55(41-32-30-36-16-7-8-21-39(36)34-41)49-27-15-29-51-54(49)46-25-12-14-28-50(46)56-51/h1-35H. The SMILES string of the molecule is c1ccc(-c2c(-c3ccccc3)c3cc(-c4ccccc4N(c4ccc5ccccc5c4)c4cccc5oc6ccccc6c45)ccc3c3ccccc23)cc1. The van der Waals surface area contributed by atoms with Gasteiger partial charge in [0, 0.05) is 16.6 Å². The Morgan fingerprint density at radius 2 is 0.911 bits per heavy atom. The minimum atomic E-state index is 0.866. The molecule has 11 rings (SSSR count). The van der Waals surface area contributed by atoms with Crippen LogP contribution in [0.5, 0.6) is 0 Å². The Kier molecular flexibility index (Phi) is 7.53. The molecular weight excluding hydrogens is 679 g/mol. The van der Waals surface area contributed by atoms with E-state index in [0.717, 1.165) is 50.1 Å². The van der Waals surface area contributed by atoms with E-state index in [1.54, 1.807) is 0 Å². The zero-order chi connectivity index (χ0) is 37.0. The highest BCUT2D eigenvalue weighted by molar-refractivity contribution is 6.22. The van der Waals surface area contributed by atoms with Crippen molar-refractivity contribution in [3.05, 3.63) is 212 Å². The minimum Gasteiger partial charge on any atom is -0.456 e. The second-order valence-electron chi connectivity index (χ2n) is 14.4. The third kappa shape index (κ3) is 5.19. The van der Waals surface area contributed by atoms with Gasteiger partial charge < -0.3 is 9.32 Å². The molecule has 0 saturated heterocycles. The van der Waals surface area contributed by atoms with Crippen molar-refractivity contribution in [3.63, 3.8) is 0 Å². The number of furan rings is 1. The Labute approximate surface area is 325 Å². The third-order valence-corrected chi connectivity index (χ3v) is 11.2. The summed E-state index contributed by atoms with van der Waals surface area (Å²) in [5.74, 6) is 0. The lowest BCUT2D eigenvalue weighted by Crippen LogP contribution is -2.11. The molecule has 262 valence electrons. The molecule has 1 aromatic heterocycles. The molecule has 2 nitrogen and oxygen atoms in total. The summed E-state index contributed by atoms with van der Waals surface area (Å²) in [4.78, 5) is 2.42. The number of hydrogen-bond acceptors (Lipinski definition) is 2. The van der Waals surface area contributed by atoms with E-state index < -0.39 is 0 Å². The van der Waals surface area contributed by atoms with Crippen LogP contribution < -0.4 is 4.90 Å². The molecule has 0 aliphatic heterocycles. The van der Waals surface area contributed by atoms with Crippen molar-refractivity contribution in [2.75, 3.05) is 4.90 Å². The molecule has 2 heteroatoms. The number of para-hydroxylation sites is 2. The zero-order valence-electron chi connectivity index (χ0n) is 30.6. The molecule has 0 unspecified atom stereocenters. The molecule has 10 aromatic carbocycles. The van der Waals surface area contributed by atoms with Crippen LogP contribution >= 0.6 is 0 Å². The molecule has 0 spiro atoms. The summed E-state index contributed by atoms with van der Waals surface area (Å²) in [6.45, 7) is 0. The second-order valence-corrected chi connectivity index (χ2v) is 14.4. The van der Waals surface area contributed by atoms with Gasteiger partial charge in [0.15, 0.2) is 0 Å². The number of anilines is 3. The van der Waals surface area contributed by atoms with Crippen LogP contribution in [0, 0.1) is 0 Å². The molecule has 0 saturated carbocycles. The first-order valence-electron chi connectivity index (χ1n) is 19.2. The van der Waals surface area contributed by atoms with Crippen LogP contribution in [0.1, 0.15) is 0 Å². The first kappa shape index (κ1) is 32.0. The normalized spacial score (nSPS) is 11.6. The van der Waals surface area contributed by atoms with Gasteiger partial charge in [0.1, 0.15) is 11.2 Å². The quantitative estimate of drug-likeness (QED) is 0.160. The highest BCUT2D eigenvalue weighted by Gasteiger charge is 2.23. The van der Waals surface area contributed by atoms with Crippen molar-refractivity contribution in [2.45, 2.75) is 0 Å². The summed E-state index contributed by atoms with van der Waals surface area (Å²) in [5, 5.41) is 9.55. The van der Waals surface area contributed by atoms with Gasteiger partial charge in [-0.05, 0) is 103 Å². The molecule has 0 aliphatic rings. The molecule has 0 N–H and O–H groups in total. The van der Waals surface area contributed by atoms with E-state index in [0.29, 0.717) is 0 Å². The predicted octanol–water partition coefficient (Wildman–Crippen LogP) is 15.5. The van der Waals surface area contributed by atoms with Gasteiger partial charge in [0.05, 0.1) is 16.8 Å². The van der Waals surface area contributed by atoms with Crippen LogP contribution in [0.15, 0.2) is 217 Å². The number of benzene rings is 10. The van der Waals surface area contributed by atoms with Gasteiger partial charge in [-0.2, -0.15) is 0 Å². The van der Waals surface area contributed by atoms with Gasteiger partial charge in [-0.3, -0.25) is 0 Å². The van der Waals surface area contributed by atoms with Crippen molar-refractivity contribution in [1.29, 1.82) is 0 Å². The molecule has 0 aliphatic carbocycles. The zero-order valence-corrected chi connectivity index (χ0v) is 30.6. The smallest absolute Gasteiger partial charge is 0.137 e. The van der Waals surface area contributed by atoms with Crippen LogP contribution in [0.4, 0.5) is 17.1 Å². The van der Waals surface area contributed by atoms with Crippen LogP contribution in [0.25, 0.3) is 87.6 Å². The Balaban J connectivity index is 1.21. The van der Waals surface area contributed by atoms with E-state index in [2.05, 4.69) is 211 Å². The van der Waals surface area contributed by atoms with E-state index >= 15 is 0 Å². The summed E-state index contributed by atoms with van der Waals surface area (Å²) in [5.41, 5.74) is 12.2. The van der Waals surface area contributed by atoms with Crippen molar-refractivity contribution in [2.24, 2.45) is 0 Å². The highest BCUT2D eigenvalue weighted by Crippen LogP contribution is 2.49. The minimum absolute atomic E-state index is 0.866. The Hall–Kier alpha value is -7.42. The topological polar surface area (TPSA) is 16.4 Å². The number of nitrogens with zero attached hydrogens (tertiary/aromatic N) is 1. The van der Waals surface area contributed by atoms with E-state index in [4.69, 9.17) is 4.42 Å². The Bertz CT molecular complexity index is 3250. The van der Waals surface area contributed by atoms with Gasteiger partial charge in [-0.15, -0.1) is 0 Å². The van der Waals surface area contributed by atoms with Crippen LogP contribution in [0.3, 0.4) is 0 Å². The summed E-state index contributed by atoms with van der Waals surface area (Å²) in [7, 11) is 0. The molecular formula is C54H35NO. The monoisotopic (exact) mass is 713 g/mol. The molecule has 0 fully saturated rings. The summed E-state index contributed by atoms with van der Waals surface area (Å²) in [6, 6.07) is 76.6. The molecule has 0 amide bonds. The Morgan fingerprint density at radius 3 is 1.71 bits per heavy atom. The predicted molar refractivity (Wildman–Crippen MR) is 237 cm³/mol. The number of fused-ring (bicyclic) bond motifs is 7. The van der Waals surface area contributed by atoms with Gasteiger partial charge >= 0.3 is 0 Å². The van der Waals surface area contributed by atoms with Crippen molar-refractivity contribution >= 4 is 71.3 Å². The summed E-state index contributed by atoms with van der Waals surface area (Å²) in [6.07, 6.45) is 0. The lowest BCUT2D eigenvalue weighted by atomic mass is 9.84. The van der Waals surface area contributed by atoms with E-state index in [9.17, 15) is 0 Å². The van der Waals surface area contributed by atoms with E-state index in [1.807, 2.05) is 6.07 Å². The fourth-order valence-electron chi connectivity index (χ4n) is 8.75. The van der Waals surface area contributed by atoms with Gasteiger partial charge in [-0.25, -0.2) is 0 Å². The van der Waals surface area contributed by atoms with Crippen molar-refractivity contribution in [3.8, 4) is 33.4 Å². The maximum atomic E-state index is 6.46. The first-order valence-corrected chi connectivity index (χ1v) is 19.2. The third-order valence-electron chi connectivity index (χ3n) is 11.2. The molecule has 11 aromatic rings. The summed E-state index contributed by atoms with van der Waals surface area (Å²) >= 11 is 0. The Morgan fingerprint density at radius 1 is 0.321 bits per heavy atom. The summed E-state index contributed by atoms with van der Waals surface area (Å²) < 4.78 is 6.46. The van der Waals surface area contributed by atoms with E-state index in [-0.39, 0.29) is 0 Å². The van der Waals surface area contributed by atoms with Crippen LogP contribution in [-0.4, -0.2) is 0 Å². The van der Waals surface area contributed by atoms with Crippen molar-refractivity contribution < 1.29 is 4.42 Å². The fourth-order valence-corrected chi connectivity index (χ4v) is 8.75. The second kappa shape index (κ2) is 13.2. The number of rotatable bonds is 6. The number of hydrogen-bond donors (Lipinski definition) is 0.